The third-order valence-electron chi connectivity index (χ3n) is 1.99. The number of aromatic amines is 1. The van der Waals surface area contributed by atoms with E-state index < -0.39 is 0 Å². The monoisotopic (exact) mass is 247 g/mol. The van der Waals surface area contributed by atoms with Crippen molar-refractivity contribution in [1.29, 1.82) is 0 Å². The first-order valence-electron chi connectivity index (χ1n) is 4.74. The van der Waals surface area contributed by atoms with Crippen LogP contribution in [0.15, 0.2) is 34.2 Å². The van der Waals surface area contributed by atoms with E-state index in [-0.39, 0.29) is 16.4 Å². The van der Waals surface area contributed by atoms with E-state index in [0.717, 1.165) is 0 Å². The van der Waals surface area contributed by atoms with Gasteiger partial charge >= 0.3 is 0 Å². The number of hydrazone groups is 1. The largest absolute Gasteiger partial charge is 0.375 e. The molecule has 0 aliphatic rings. The summed E-state index contributed by atoms with van der Waals surface area (Å²) in [5.41, 5.74) is 8.77. The summed E-state index contributed by atoms with van der Waals surface area (Å²) in [5.74, 6) is 0. The van der Waals surface area contributed by atoms with Crippen molar-refractivity contribution in [2.75, 3.05) is 0 Å². The molecule has 0 amide bonds. The topological polar surface area (TPSA) is 96.2 Å². The van der Waals surface area contributed by atoms with Crippen molar-refractivity contribution in [1.82, 2.24) is 15.4 Å². The number of para-hydroxylation sites is 2. The summed E-state index contributed by atoms with van der Waals surface area (Å²) in [6, 6.07) is 7.23. The molecule has 1 aromatic carbocycles. The van der Waals surface area contributed by atoms with Crippen molar-refractivity contribution in [3.63, 3.8) is 0 Å². The number of hydrogen-bond acceptors (Lipinski definition) is 4. The van der Waals surface area contributed by atoms with Gasteiger partial charge in [0.25, 0.3) is 5.56 Å². The minimum absolute atomic E-state index is 0.0264. The van der Waals surface area contributed by atoms with Crippen LogP contribution in [-0.2, 0) is 0 Å². The van der Waals surface area contributed by atoms with E-state index in [1.165, 1.54) is 6.21 Å². The van der Waals surface area contributed by atoms with E-state index >= 15 is 0 Å². The smallest absolute Gasteiger partial charge is 0.276 e. The number of benzene rings is 1. The van der Waals surface area contributed by atoms with Gasteiger partial charge in [-0.25, -0.2) is 4.98 Å². The first-order chi connectivity index (χ1) is 8.16. The van der Waals surface area contributed by atoms with Gasteiger partial charge < -0.3 is 10.7 Å². The molecular weight excluding hydrogens is 238 g/mol. The van der Waals surface area contributed by atoms with Gasteiger partial charge in [0.1, 0.15) is 5.69 Å². The summed E-state index contributed by atoms with van der Waals surface area (Å²) in [4.78, 5) is 18.5. The quantitative estimate of drug-likeness (QED) is 0.397. The Hall–Kier alpha value is -2.28. The number of aromatic nitrogens is 2. The highest BCUT2D eigenvalue weighted by molar-refractivity contribution is 7.80. The Morgan fingerprint density at radius 2 is 2.29 bits per heavy atom. The minimum Gasteiger partial charge on any atom is -0.375 e. The molecule has 86 valence electrons. The molecular formula is C10H9N5OS. The summed E-state index contributed by atoms with van der Waals surface area (Å²) in [6.45, 7) is 0. The van der Waals surface area contributed by atoms with E-state index in [1.807, 2.05) is 12.1 Å². The molecule has 7 heteroatoms. The number of fused-ring (bicyclic) bond motifs is 1. The second-order valence-corrected chi connectivity index (χ2v) is 3.64. The van der Waals surface area contributed by atoms with Crippen LogP contribution in [0.4, 0.5) is 0 Å². The summed E-state index contributed by atoms with van der Waals surface area (Å²) in [5, 5.41) is 3.71. The highest BCUT2D eigenvalue weighted by Gasteiger charge is 2.01. The Balaban J connectivity index is 2.41. The van der Waals surface area contributed by atoms with Crippen molar-refractivity contribution >= 4 is 34.6 Å². The molecule has 1 aromatic heterocycles. The van der Waals surface area contributed by atoms with Crippen LogP contribution in [0.5, 0.6) is 0 Å². The van der Waals surface area contributed by atoms with Crippen molar-refractivity contribution in [3.05, 3.63) is 40.3 Å². The van der Waals surface area contributed by atoms with Crippen LogP contribution in [0.3, 0.4) is 0 Å². The molecule has 6 nitrogen and oxygen atoms in total. The number of thiocarbonyl (C=S) groups is 1. The molecule has 0 radical (unpaired) electrons. The lowest BCUT2D eigenvalue weighted by Crippen LogP contribution is -2.25. The predicted molar refractivity (Wildman–Crippen MR) is 69.9 cm³/mol. The number of nitrogens with zero attached hydrogens (tertiary/aromatic N) is 2. The van der Waals surface area contributed by atoms with Crippen molar-refractivity contribution in [2.24, 2.45) is 10.8 Å². The Morgan fingerprint density at radius 1 is 1.53 bits per heavy atom. The zero-order valence-electron chi connectivity index (χ0n) is 8.68. The molecule has 0 spiro atoms. The zero-order valence-corrected chi connectivity index (χ0v) is 9.49. The highest BCUT2D eigenvalue weighted by Crippen LogP contribution is 2.04. The second-order valence-electron chi connectivity index (χ2n) is 3.20. The van der Waals surface area contributed by atoms with Crippen molar-refractivity contribution in [2.45, 2.75) is 0 Å². The fourth-order valence-corrected chi connectivity index (χ4v) is 1.34. The maximum absolute atomic E-state index is 11.6. The fraction of sp³-hybridized carbons (Fsp3) is 0. The molecule has 0 bridgehead atoms. The molecule has 2 aromatic rings. The molecule has 0 aliphatic heterocycles. The molecule has 2 rings (SSSR count). The average molecular weight is 247 g/mol. The van der Waals surface area contributed by atoms with Crippen LogP contribution in [0, 0.1) is 0 Å². The van der Waals surface area contributed by atoms with Gasteiger partial charge in [-0.1, -0.05) is 12.1 Å². The van der Waals surface area contributed by atoms with E-state index in [4.69, 9.17) is 5.73 Å². The molecule has 0 unspecified atom stereocenters. The molecule has 0 saturated heterocycles. The highest BCUT2D eigenvalue weighted by atomic mass is 32.1. The standard InChI is InChI=1S/C10H9N5OS/c11-10(17)15-12-5-8-9(16)14-7-4-2-1-3-6(7)13-8/h1-5H,(H,14,16)(H3,11,15,17). The zero-order chi connectivity index (χ0) is 12.3. The lowest BCUT2D eigenvalue weighted by atomic mass is 10.3. The lowest BCUT2D eigenvalue weighted by molar-refractivity contribution is 1.04. The van der Waals surface area contributed by atoms with Crippen LogP contribution in [0.1, 0.15) is 5.69 Å². The van der Waals surface area contributed by atoms with Gasteiger partial charge in [-0.05, 0) is 24.4 Å². The summed E-state index contributed by atoms with van der Waals surface area (Å²) >= 11 is 4.57. The van der Waals surface area contributed by atoms with Crippen LogP contribution >= 0.6 is 12.2 Å². The van der Waals surface area contributed by atoms with E-state index in [1.54, 1.807) is 12.1 Å². The van der Waals surface area contributed by atoms with Gasteiger partial charge in [0.2, 0.25) is 0 Å². The fourth-order valence-electron chi connectivity index (χ4n) is 1.29. The first-order valence-corrected chi connectivity index (χ1v) is 5.15. The number of H-pyrrole nitrogens is 1. The molecule has 4 N–H and O–H groups in total. The maximum Gasteiger partial charge on any atom is 0.276 e. The van der Waals surface area contributed by atoms with E-state index in [9.17, 15) is 4.79 Å². The van der Waals surface area contributed by atoms with Gasteiger partial charge in [-0.15, -0.1) is 0 Å². The number of rotatable bonds is 2. The Labute approximate surface area is 102 Å². The average Bonchev–Trinajstić information content (AvgIpc) is 2.29. The predicted octanol–water partition coefficient (Wildman–Crippen LogP) is 0.0902. The molecule has 0 aliphatic carbocycles. The lowest BCUT2D eigenvalue weighted by Gasteiger charge is -1.98. The maximum atomic E-state index is 11.6. The number of nitrogens with two attached hydrogens (primary N) is 1. The van der Waals surface area contributed by atoms with Crippen molar-refractivity contribution in [3.8, 4) is 0 Å². The minimum atomic E-state index is -0.322. The summed E-state index contributed by atoms with van der Waals surface area (Å²) < 4.78 is 0. The summed E-state index contributed by atoms with van der Waals surface area (Å²) in [6.07, 6.45) is 1.27. The molecule has 1 heterocycles. The van der Waals surface area contributed by atoms with Crippen LogP contribution in [0.25, 0.3) is 11.0 Å². The van der Waals surface area contributed by atoms with E-state index in [0.29, 0.717) is 11.0 Å². The third kappa shape index (κ3) is 2.64. The van der Waals surface area contributed by atoms with Gasteiger partial charge in [0, 0.05) is 0 Å². The third-order valence-corrected chi connectivity index (χ3v) is 2.08. The van der Waals surface area contributed by atoms with Gasteiger partial charge in [-0.2, -0.15) is 5.10 Å². The van der Waals surface area contributed by atoms with Crippen LogP contribution in [-0.4, -0.2) is 21.3 Å². The number of nitrogens with one attached hydrogen (secondary N) is 2. The first kappa shape index (κ1) is 11.2. The van der Waals surface area contributed by atoms with Crippen LogP contribution in [0.2, 0.25) is 0 Å². The summed E-state index contributed by atoms with van der Waals surface area (Å²) in [7, 11) is 0. The number of hydrogen-bond donors (Lipinski definition) is 3. The Bertz CT molecular complexity index is 648. The van der Waals surface area contributed by atoms with Gasteiger partial charge in [0.15, 0.2) is 5.11 Å². The Kier molecular flexibility index (Phi) is 3.10. The second kappa shape index (κ2) is 4.71. The normalized spacial score (nSPS) is 10.8. The van der Waals surface area contributed by atoms with Crippen molar-refractivity contribution < 1.29 is 0 Å². The van der Waals surface area contributed by atoms with Gasteiger partial charge in [-0.3, -0.25) is 10.2 Å². The molecule has 0 fully saturated rings. The van der Waals surface area contributed by atoms with E-state index in [2.05, 4.69) is 32.7 Å². The molecule has 17 heavy (non-hydrogen) atoms. The molecule has 0 atom stereocenters. The Morgan fingerprint density at radius 3 is 3.06 bits per heavy atom. The van der Waals surface area contributed by atoms with Crippen LogP contribution < -0.4 is 16.7 Å². The molecule has 0 saturated carbocycles. The van der Waals surface area contributed by atoms with Gasteiger partial charge in [0.05, 0.1) is 17.2 Å². The SMILES string of the molecule is NC(=S)NN=Cc1nc2ccccc2[nH]c1=O.